The number of rotatable bonds is 4. The predicted octanol–water partition coefficient (Wildman–Crippen LogP) is 6.58. The van der Waals surface area contributed by atoms with E-state index in [1.807, 2.05) is 49.4 Å². The van der Waals surface area contributed by atoms with Crippen molar-refractivity contribution in [3.8, 4) is 6.07 Å². The molecule has 0 amide bonds. The van der Waals surface area contributed by atoms with Gasteiger partial charge in [-0.3, -0.25) is 0 Å². The van der Waals surface area contributed by atoms with E-state index in [0.29, 0.717) is 20.6 Å². The maximum atomic E-state index is 9.47. The van der Waals surface area contributed by atoms with Crippen LogP contribution in [0.4, 0.5) is 10.7 Å². The van der Waals surface area contributed by atoms with Crippen molar-refractivity contribution in [3.05, 3.63) is 75.9 Å². The first-order valence-electron chi connectivity index (χ1n) is 7.47. The Morgan fingerprint density at radius 2 is 1.84 bits per heavy atom. The molecule has 0 saturated carbocycles. The second kappa shape index (κ2) is 7.84. The molecule has 1 heterocycles. The first kappa shape index (κ1) is 17.0. The molecule has 0 aliphatic heterocycles. The van der Waals surface area contributed by atoms with Crippen molar-refractivity contribution in [2.45, 2.75) is 6.92 Å². The third kappa shape index (κ3) is 4.38. The summed E-state index contributed by atoms with van der Waals surface area (Å²) < 4.78 is 0. The Kier molecular flexibility index (Phi) is 5.34. The molecule has 122 valence electrons. The summed E-state index contributed by atoms with van der Waals surface area (Å²) in [5, 5.41) is 19.9. The Balaban J connectivity index is 1.88. The van der Waals surface area contributed by atoms with Crippen LogP contribution in [0, 0.1) is 18.3 Å². The minimum atomic E-state index is 0.483. The molecule has 0 radical (unpaired) electrons. The number of benzene rings is 2. The molecule has 4 nitrogen and oxygen atoms in total. The number of aromatic nitrogens is 1. The molecule has 0 saturated heterocycles. The van der Waals surface area contributed by atoms with Crippen LogP contribution in [0.5, 0.6) is 0 Å². The first-order valence-corrected chi connectivity index (χ1v) is 8.67. The first-order chi connectivity index (χ1) is 12.2. The Morgan fingerprint density at radius 1 is 1.12 bits per heavy atom. The average Bonchev–Trinajstić information content (AvgIpc) is 3.01. The molecule has 0 aliphatic carbocycles. The Bertz CT molecular complexity index is 967. The standard InChI is InChI=1S/C19H13ClN4S/c1-13-18(24-23-17-5-3-2-4-6-17)25-19(22-13)15(12-21)11-14-7-9-16(20)10-8-14/h2-11H,1H3/b15-11-,24-23?. The van der Waals surface area contributed by atoms with E-state index in [9.17, 15) is 5.26 Å². The Labute approximate surface area is 154 Å². The highest BCUT2D eigenvalue weighted by molar-refractivity contribution is 7.16. The smallest absolute Gasteiger partial charge is 0.162 e. The van der Waals surface area contributed by atoms with Crippen LogP contribution in [0.1, 0.15) is 16.3 Å². The van der Waals surface area contributed by atoms with Gasteiger partial charge in [0.1, 0.15) is 11.1 Å². The van der Waals surface area contributed by atoms with Gasteiger partial charge < -0.3 is 0 Å². The van der Waals surface area contributed by atoms with Gasteiger partial charge in [0.15, 0.2) is 5.00 Å². The third-order valence-corrected chi connectivity index (χ3v) is 4.64. The minimum Gasteiger partial charge on any atom is -0.238 e. The fourth-order valence-corrected chi connectivity index (χ4v) is 3.04. The van der Waals surface area contributed by atoms with Crippen molar-refractivity contribution < 1.29 is 0 Å². The number of thiazole rings is 1. The number of allylic oxidation sites excluding steroid dienone is 1. The van der Waals surface area contributed by atoms with E-state index < -0.39 is 0 Å². The predicted molar refractivity (Wildman–Crippen MR) is 102 cm³/mol. The maximum absolute atomic E-state index is 9.47. The molecular formula is C19H13ClN4S. The van der Waals surface area contributed by atoms with Crippen molar-refractivity contribution in [1.82, 2.24) is 4.98 Å². The summed E-state index contributed by atoms with van der Waals surface area (Å²) in [5.74, 6) is 0. The molecule has 6 heteroatoms. The second-order valence-electron chi connectivity index (χ2n) is 5.17. The molecule has 0 spiro atoms. The normalized spacial score (nSPS) is 11.6. The Morgan fingerprint density at radius 3 is 2.52 bits per heavy atom. The van der Waals surface area contributed by atoms with Crippen molar-refractivity contribution in [2.75, 3.05) is 0 Å². The van der Waals surface area contributed by atoms with E-state index in [2.05, 4.69) is 21.3 Å². The zero-order valence-corrected chi connectivity index (χ0v) is 14.9. The van der Waals surface area contributed by atoms with Crippen LogP contribution in [0.15, 0.2) is 64.8 Å². The topological polar surface area (TPSA) is 61.4 Å². The number of nitrogens with zero attached hydrogens (tertiary/aromatic N) is 4. The van der Waals surface area contributed by atoms with E-state index in [1.165, 1.54) is 11.3 Å². The monoisotopic (exact) mass is 364 g/mol. The van der Waals surface area contributed by atoms with Crippen LogP contribution < -0.4 is 0 Å². The van der Waals surface area contributed by atoms with E-state index in [4.69, 9.17) is 11.6 Å². The molecular weight excluding hydrogens is 352 g/mol. The number of nitriles is 1. The average molecular weight is 365 g/mol. The molecule has 0 unspecified atom stereocenters. The lowest BCUT2D eigenvalue weighted by Crippen LogP contribution is -1.81. The fraction of sp³-hybridized carbons (Fsp3) is 0.0526. The SMILES string of the molecule is Cc1nc(/C(C#N)=C\c2ccc(Cl)cc2)sc1N=Nc1ccccc1. The Hall–Kier alpha value is -2.81. The maximum Gasteiger partial charge on any atom is 0.162 e. The molecule has 2 aromatic carbocycles. The molecule has 1 aromatic heterocycles. The molecule has 25 heavy (non-hydrogen) atoms. The number of halogens is 1. The van der Waals surface area contributed by atoms with Gasteiger partial charge >= 0.3 is 0 Å². The number of azo groups is 1. The van der Waals surface area contributed by atoms with Gasteiger partial charge in [0.2, 0.25) is 0 Å². The zero-order chi connectivity index (χ0) is 17.6. The zero-order valence-electron chi connectivity index (χ0n) is 13.3. The molecule has 0 aliphatic rings. The minimum absolute atomic E-state index is 0.483. The van der Waals surface area contributed by atoms with Crippen LogP contribution in [-0.2, 0) is 0 Å². The number of hydrogen-bond acceptors (Lipinski definition) is 5. The van der Waals surface area contributed by atoms with E-state index in [0.717, 1.165) is 16.9 Å². The summed E-state index contributed by atoms with van der Waals surface area (Å²) in [6, 6.07) is 19.0. The molecule has 0 atom stereocenters. The summed E-state index contributed by atoms with van der Waals surface area (Å²) >= 11 is 7.24. The molecule has 0 fully saturated rings. The lowest BCUT2D eigenvalue weighted by molar-refractivity contribution is 1.18. The van der Waals surface area contributed by atoms with Gasteiger partial charge in [-0.15, -0.1) is 10.2 Å². The van der Waals surface area contributed by atoms with Crippen LogP contribution in [0.3, 0.4) is 0 Å². The van der Waals surface area contributed by atoms with Crippen molar-refractivity contribution in [3.63, 3.8) is 0 Å². The van der Waals surface area contributed by atoms with Gasteiger partial charge in [-0.1, -0.05) is 53.3 Å². The lowest BCUT2D eigenvalue weighted by Gasteiger charge is -1.95. The van der Waals surface area contributed by atoms with Gasteiger partial charge in [0.25, 0.3) is 0 Å². The van der Waals surface area contributed by atoms with E-state index in [-0.39, 0.29) is 0 Å². The summed E-state index contributed by atoms with van der Waals surface area (Å²) in [7, 11) is 0. The summed E-state index contributed by atoms with van der Waals surface area (Å²) in [6.07, 6.45) is 1.78. The van der Waals surface area contributed by atoms with Gasteiger partial charge in [0, 0.05) is 5.02 Å². The lowest BCUT2D eigenvalue weighted by atomic mass is 10.1. The highest BCUT2D eigenvalue weighted by atomic mass is 35.5. The van der Waals surface area contributed by atoms with Gasteiger partial charge in [-0.05, 0) is 42.8 Å². The van der Waals surface area contributed by atoms with Crippen molar-refractivity contribution in [1.29, 1.82) is 5.26 Å². The van der Waals surface area contributed by atoms with E-state index in [1.54, 1.807) is 18.2 Å². The molecule has 3 rings (SSSR count). The summed E-state index contributed by atoms with van der Waals surface area (Å²) in [6.45, 7) is 1.86. The van der Waals surface area contributed by atoms with Crippen LogP contribution in [-0.4, -0.2) is 4.98 Å². The van der Waals surface area contributed by atoms with Crippen molar-refractivity contribution in [2.24, 2.45) is 10.2 Å². The number of aryl methyl sites for hydroxylation is 1. The highest BCUT2D eigenvalue weighted by Crippen LogP contribution is 2.33. The fourth-order valence-electron chi connectivity index (χ4n) is 2.06. The van der Waals surface area contributed by atoms with Gasteiger partial charge in [-0.25, -0.2) is 4.98 Å². The molecule has 0 N–H and O–H groups in total. The van der Waals surface area contributed by atoms with E-state index >= 15 is 0 Å². The van der Waals surface area contributed by atoms with Crippen LogP contribution in [0.2, 0.25) is 5.02 Å². The van der Waals surface area contributed by atoms with Crippen molar-refractivity contribution >= 4 is 45.3 Å². The highest BCUT2D eigenvalue weighted by Gasteiger charge is 2.11. The summed E-state index contributed by atoms with van der Waals surface area (Å²) in [5.41, 5.74) is 2.89. The van der Waals surface area contributed by atoms with Crippen LogP contribution >= 0.6 is 22.9 Å². The van der Waals surface area contributed by atoms with Gasteiger partial charge in [-0.2, -0.15) is 5.26 Å². The molecule has 0 bridgehead atoms. The van der Waals surface area contributed by atoms with Gasteiger partial charge in [0.05, 0.1) is 17.0 Å². The quantitative estimate of drug-likeness (QED) is 0.387. The molecule has 3 aromatic rings. The summed E-state index contributed by atoms with van der Waals surface area (Å²) in [4.78, 5) is 4.46. The number of hydrogen-bond donors (Lipinski definition) is 0. The van der Waals surface area contributed by atoms with Crippen LogP contribution in [0.25, 0.3) is 11.6 Å². The second-order valence-corrected chi connectivity index (χ2v) is 6.58. The third-order valence-electron chi connectivity index (χ3n) is 3.32. The largest absolute Gasteiger partial charge is 0.238 e.